The van der Waals surface area contributed by atoms with Crippen molar-refractivity contribution in [2.24, 2.45) is 0 Å². The van der Waals surface area contributed by atoms with Crippen LogP contribution in [0, 0.1) is 0 Å². The summed E-state index contributed by atoms with van der Waals surface area (Å²) in [5, 5.41) is 5.91. The Balaban J connectivity index is 1.64. The first-order valence-corrected chi connectivity index (χ1v) is 12.0. The number of nitrogens with one attached hydrogen (secondary N) is 1. The van der Waals surface area contributed by atoms with Gasteiger partial charge < -0.3 is 9.40 Å². The highest BCUT2D eigenvalue weighted by atomic mass is 16.3. The number of aromatic amines is 1. The summed E-state index contributed by atoms with van der Waals surface area (Å²) < 4.78 is 6.62. The van der Waals surface area contributed by atoms with E-state index in [0.717, 1.165) is 45.3 Å². The summed E-state index contributed by atoms with van der Waals surface area (Å²) in [7, 11) is 0. The number of aromatic nitrogens is 1. The Labute approximate surface area is 203 Å². The Morgan fingerprint density at radius 1 is 0.714 bits per heavy atom. The van der Waals surface area contributed by atoms with Crippen LogP contribution in [-0.2, 0) is 0 Å². The van der Waals surface area contributed by atoms with Crippen molar-refractivity contribution in [3.63, 3.8) is 0 Å². The van der Waals surface area contributed by atoms with E-state index in [1.807, 2.05) is 0 Å². The topological polar surface area (TPSA) is 28.9 Å². The van der Waals surface area contributed by atoms with E-state index < -0.39 is 0 Å². The van der Waals surface area contributed by atoms with Gasteiger partial charge >= 0.3 is 0 Å². The van der Waals surface area contributed by atoms with Gasteiger partial charge in [0.25, 0.3) is 0 Å². The third-order valence-electron chi connectivity index (χ3n) is 6.94. The van der Waals surface area contributed by atoms with Crippen molar-refractivity contribution >= 4 is 55.2 Å². The maximum absolute atomic E-state index is 6.62. The molecule has 7 rings (SSSR count). The number of hydrogen-bond donors (Lipinski definition) is 1. The predicted octanol–water partition coefficient (Wildman–Crippen LogP) is 9.43. The fourth-order valence-electron chi connectivity index (χ4n) is 5.36. The quantitative estimate of drug-likeness (QED) is 0.266. The SMILES string of the molecule is C=C1/C=C\C=C/C/C=C\c2oc3c4[nH]c5ccc(-c6ccccc6)cc5c4c4ccccc4c3c21. The molecule has 0 unspecified atom stereocenters. The lowest BCUT2D eigenvalue weighted by Gasteiger charge is -2.06. The van der Waals surface area contributed by atoms with Gasteiger partial charge in [-0.05, 0) is 52.1 Å². The summed E-state index contributed by atoms with van der Waals surface area (Å²) in [5.41, 5.74) is 7.44. The van der Waals surface area contributed by atoms with Gasteiger partial charge in [0, 0.05) is 27.2 Å². The van der Waals surface area contributed by atoms with Crippen molar-refractivity contribution in [3.8, 4) is 11.1 Å². The molecule has 1 N–H and O–H groups in total. The molecule has 0 aliphatic heterocycles. The molecule has 0 saturated heterocycles. The second-order valence-corrected chi connectivity index (χ2v) is 9.04. The number of furan rings is 1. The van der Waals surface area contributed by atoms with Crippen molar-refractivity contribution < 1.29 is 4.42 Å². The van der Waals surface area contributed by atoms with E-state index in [0.29, 0.717) is 0 Å². The Morgan fingerprint density at radius 2 is 1.51 bits per heavy atom. The second-order valence-electron chi connectivity index (χ2n) is 9.04. The van der Waals surface area contributed by atoms with E-state index in [1.54, 1.807) is 0 Å². The standard InChI is InChI=1S/C33H23NO/c1-21-12-6-3-2-4-9-17-28-29(21)31-25-16-11-10-15-24(25)30-26-20-23(22-13-7-5-8-14-22)18-19-27(26)34-32(30)33(31)35-28/h2-3,5-20,34H,1,4H2/b3-2-,12-6-,17-9-. The van der Waals surface area contributed by atoms with E-state index in [9.17, 15) is 0 Å². The third-order valence-corrected chi connectivity index (χ3v) is 6.94. The zero-order chi connectivity index (χ0) is 23.4. The molecule has 0 radical (unpaired) electrons. The minimum Gasteiger partial charge on any atom is -0.454 e. The van der Waals surface area contributed by atoms with Gasteiger partial charge in [-0.25, -0.2) is 0 Å². The second kappa shape index (κ2) is 7.75. The van der Waals surface area contributed by atoms with Crippen molar-refractivity contribution in [1.29, 1.82) is 0 Å². The average molecular weight is 450 g/mol. The highest BCUT2D eigenvalue weighted by Gasteiger charge is 2.22. The van der Waals surface area contributed by atoms with Crippen molar-refractivity contribution in [2.45, 2.75) is 6.42 Å². The molecule has 1 aliphatic carbocycles. The van der Waals surface area contributed by atoms with Crippen LogP contribution in [0.4, 0.5) is 0 Å². The maximum atomic E-state index is 6.62. The van der Waals surface area contributed by atoms with E-state index in [2.05, 4.69) is 121 Å². The summed E-state index contributed by atoms with van der Waals surface area (Å²) in [6, 6.07) is 25.8. The molecular formula is C33H23NO. The molecule has 2 nitrogen and oxygen atoms in total. The molecule has 0 spiro atoms. The van der Waals surface area contributed by atoms with Gasteiger partial charge in [-0.1, -0.05) is 97.6 Å². The van der Waals surface area contributed by atoms with Crippen LogP contribution in [0.15, 0.2) is 114 Å². The molecule has 0 bridgehead atoms. The van der Waals surface area contributed by atoms with Crippen LogP contribution in [-0.4, -0.2) is 4.98 Å². The van der Waals surface area contributed by atoms with Crippen molar-refractivity contribution in [1.82, 2.24) is 4.98 Å². The first-order valence-electron chi connectivity index (χ1n) is 12.0. The van der Waals surface area contributed by atoms with Crippen LogP contribution in [0.3, 0.4) is 0 Å². The fourth-order valence-corrected chi connectivity index (χ4v) is 5.36. The molecule has 0 saturated carbocycles. The number of hydrogen-bond acceptors (Lipinski definition) is 1. The molecule has 1 aliphatic rings. The van der Waals surface area contributed by atoms with Crippen LogP contribution < -0.4 is 0 Å². The zero-order valence-corrected chi connectivity index (χ0v) is 19.2. The van der Waals surface area contributed by atoms with Crippen LogP contribution in [0.25, 0.3) is 66.3 Å². The van der Waals surface area contributed by atoms with Gasteiger partial charge in [-0.15, -0.1) is 0 Å². The molecule has 166 valence electrons. The Kier molecular flexibility index (Phi) is 4.40. The lowest BCUT2D eigenvalue weighted by Crippen LogP contribution is -1.84. The number of allylic oxidation sites excluding steroid dienone is 6. The highest BCUT2D eigenvalue weighted by molar-refractivity contribution is 6.32. The molecule has 35 heavy (non-hydrogen) atoms. The van der Waals surface area contributed by atoms with Crippen LogP contribution in [0.1, 0.15) is 17.7 Å². The maximum Gasteiger partial charge on any atom is 0.160 e. The van der Waals surface area contributed by atoms with Crippen LogP contribution in [0.5, 0.6) is 0 Å². The first-order chi connectivity index (χ1) is 17.3. The predicted molar refractivity (Wildman–Crippen MR) is 149 cm³/mol. The van der Waals surface area contributed by atoms with Gasteiger partial charge in [0.05, 0.1) is 5.52 Å². The van der Waals surface area contributed by atoms with Gasteiger partial charge in [-0.3, -0.25) is 0 Å². The monoisotopic (exact) mass is 449 g/mol. The molecule has 2 heterocycles. The molecule has 0 atom stereocenters. The van der Waals surface area contributed by atoms with Gasteiger partial charge in [0.1, 0.15) is 5.76 Å². The van der Waals surface area contributed by atoms with E-state index in [-0.39, 0.29) is 0 Å². The highest BCUT2D eigenvalue weighted by Crippen LogP contribution is 2.45. The largest absolute Gasteiger partial charge is 0.454 e. The van der Waals surface area contributed by atoms with Crippen LogP contribution >= 0.6 is 0 Å². The fraction of sp³-hybridized carbons (Fsp3) is 0.0303. The van der Waals surface area contributed by atoms with Crippen molar-refractivity contribution in [2.75, 3.05) is 0 Å². The summed E-state index contributed by atoms with van der Waals surface area (Å²) in [6.07, 6.45) is 13.4. The number of H-pyrrole nitrogens is 1. The van der Waals surface area contributed by atoms with Crippen molar-refractivity contribution in [3.05, 3.63) is 121 Å². The third kappa shape index (κ3) is 3.04. The molecular weight excluding hydrogens is 426 g/mol. The average Bonchev–Trinajstić information content (AvgIpc) is 3.47. The summed E-state index contributed by atoms with van der Waals surface area (Å²) >= 11 is 0. The molecule has 2 aromatic heterocycles. The molecule has 4 aromatic carbocycles. The number of fused-ring (bicyclic) bond motifs is 10. The Morgan fingerprint density at radius 3 is 2.37 bits per heavy atom. The summed E-state index contributed by atoms with van der Waals surface area (Å²) in [5.74, 6) is 0.853. The van der Waals surface area contributed by atoms with E-state index in [1.165, 1.54) is 32.7 Å². The Bertz CT molecular complexity index is 1870. The summed E-state index contributed by atoms with van der Waals surface area (Å²) in [6.45, 7) is 4.40. The zero-order valence-electron chi connectivity index (χ0n) is 19.2. The smallest absolute Gasteiger partial charge is 0.160 e. The minimum absolute atomic E-state index is 0.853. The van der Waals surface area contributed by atoms with Gasteiger partial charge in [0.15, 0.2) is 5.58 Å². The number of benzene rings is 4. The lowest BCUT2D eigenvalue weighted by atomic mass is 9.94. The first kappa shape index (κ1) is 19.9. The van der Waals surface area contributed by atoms with Gasteiger partial charge in [-0.2, -0.15) is 0 Å². The minimum atomic E-state index is 0.853. The number of rotatable bonds is 1. The van der Waals surface area contributed by atoms with Crippen LogP contribution in [0.2, 0.25) is 0 Å². The normalized spacial score (nSPS) is 16.6. The molecule has 2 heteroatoms. The molecule has 0 fully saturated rings. The summed E-state index contributed by atoms with van der Waals surface area (Å²) in [4.78, 5) is 3.69. The van der Waals surface area contributed by atoms with Gasteiger partial charge in [0.2, 0.25) is 0 Å². The lowest BCUT2D eigenvalue weighted by molar-refractivity contribution is 0.605. The molecule has 6 aromatic rings. The van der Waals surface area contributed by atoms with E-state index in [4.69, 9.17) is 4.42 Å². The Hall–Kier alpha value is -4.56. The van der Waals surface area contributed by atoms with E-state index >= 15 is 0 Å². The molecule has 0 amide bonds.